The van der Waals surface area contributed by atoms with Gasteiger partial charge in [0.1, 0.15) is 5.82 Å². The standard InChI is InChI=1S/C6H4Br2FN/c7-4-1-3(9)2-5(10)6(4)8/h1-2H,10H2. The van der Waals surface area contributed by atoms with Crippen molar-refractivity contribution >= 4 is 37.5 Å². The normalized spacial score (nSPS) is 9.90. The summed E-state index contributed by atoms with van der Waals surface area (Å²) >= 11 is 6.30. The van der Waals surface area contributed by atoms with Gasteiger partial charge in [-0.3, -0.25) is 0 Å². The summed E-state index contributed by atoms with van der Waals surface area (Å²) in [7, 11) is 0. The summed E-state index contributed by atoms with van der Waals surface area (Å²) in [5.41, 5.74) is 5.80. The second-order valence-corrected chi connectivity index (χ2v) is 3.44. The highest BCUT2D eigenvalue weighted by atomic mass is 79.9. The van der Waals surface area contributed by atoms with Crippen LogP contribution in [0.3, 0.4) is 0 Å². The van der Waals surface area contributed by atoms with Gasteiger partial charge in [-0.05, 0) is 44.0 Å². The number of nitrogens with two attached hydrogens (primary N) is 1. The minimum Gasteiger partial charge on any atom is -0.398 e. The Morgan fingerprint density at radius 3 is 2.40 bits per heavy atom. The third kappa shape index (κ3) is 1.49. The first-order valence-corrected chi connectivity index (χ1v) is 4.10. The molecule has 0 radical (unpaired) electrons. The molecule has 0 heterocycles. The number of hydrogen-bond acceptors (Lipinski definition) is 1. The molecule has 0 bridgehead atoms. The molecule has 0 unspecified atom stereocenters. The maximum absolute atomic E-state index is 12.5. The van der Waals surface area contributed by atoms with E-state index in [4.69, 9.17) is 5.73 Å². The zero-order valence-corrected chi connectivity index (χ0v) is 8.04. The lowest BCUT2D eigenvalue weighted by Gasteiger charge is -1.99. The molecule has 0 aliphatic heterocycles. The van der Waals surface area contributed by atoms with Crippen molar-refractivity contribution in [3.05, 3.63) is 26.9 Å². The molecule has 0 atom stereocenters. The van der Waals surface area contributed by atoms with Crippen LogP contribution < -0.4 is 5.73 Å². The third-order valence-corrected chi connectivity index (χ3v) is 3.06. The monoisotopic (exact) mass is 267 g/mol. The van der Waals surface area contributed by atoms with Gasteiger partial charge in [0, 0.05) is 10.2 Å². The Labute approximate surface area is 74.7 Å². The highest BCUT2D eigenvalue weighted by Gasteiger charge is 2.02. The largest absolute Gasteiger partial charge is 0.398 e. The van der Waals surface area contributed by atoms with E-state index in [0.717, 1.165) is 0 Å². The Bertz CT molecular complexity index is 239. The SMILES string of the molecule is Nc1cc(F)cc(Br)c1Br. The summed E-state index contributed by atoms with van der Waals surface area (Å²) in [4.78, 5) is 0. The van der Waals surface area contributed by atoms with Gasteiger partial charge in [-0.2, -0.15) is 0 Å². The molecule has 1 aromatic rings. The van der Waals surface area contributed by atoms with Crippen LogP contribution in [0.2, 0.25) is 0 Å². The van der Waals surface area contributed by atoms with E-state index in [0.29, 0.717) is 14.6 Å². The van der Waals surface area contributed by atoms with Gasteiger partial charge in [0.15, 0.2) is 0 Å². The van der Waals surface area contributed by atoms with Gasteiger partial charge in [0.05, 0.1) is 4.47 Å². The Kier molecular flexibility index (Phi) is 2.31. The van der Waals surface area contributed by atoms with E-state index < -0.39 is 0 Å². The summed E-state index contributed by atoms with van der Waals surface area (Å²) in [5, 5.41) is 0. The minimum absolute atomic E-state index is 0.340. The average Bonchev–Trinajstić information content (AvgIpc) is 1.82. The zero-order valence-electron chi connectivity index (χ0n) is 4.87. The van der Waals surface area contributed by atoms with Gasteiger partial charge < -0.3 is 5.73 Å². The van der Waals surface area contributed by atoms with Crippen LogP contribution in [-0.4, -0.2) is 0 Å². The lowest BCUT2D eigenvalue weighted by molar-refractivity contribution is 0.627. The van der Waals surface area contributed by atoms with E-state index in [-0.39, 0.29) is 5.82 Å². The molecule has 0 fully saturated rings. The molecule has 1 nitrogen and oxygen atoms in total. The first-order valence-electron chi connectivity index (χ1n) is 2.51. The van der Waals surface area contributed by atoms with Gasteiger partial charge >= 0.3 is 0 Å². The molecule has 0 aromatic heterocycles. The van der Waals surface area contributed by atoms with Gasteiger partial charge in [-0.1, -0.05) is 0 Å². The van der Waals surface area contributed by atoms with Crippen LogP contribution in [0.5, 0.6) is 0 Å². The Morgan fingerprint density at radius 1 is 1.30 bits per heavy atom. The van der Waals surface area contributed by atoms with Gasteiger partial charge in [0.25, 0.3) is 0 Å². The molecule has 0 aliphatic rings. The predicted molar refractivity (Wildman–Crippen MR) is 46.2 cm³/mol. The molecule has 0 spiro atoms. The molecule has 0 aliphatic carbocycles. The first-order chi connectivity index (χ1) is 4.61. The van der Waals surface area contributed by atoms with Crippen molar-refractivity contribution in [1.29, 1.82) is 0 Å². The van der Waals surface area contributed by atoms with Crippen LogP contribution >= 0.6 is 31.9 Å². The Hall–Kier alpha value is -0.0900. The van der Waals surface area contributed by atoms with E-state index in [9.17, 15) is 4.39 Å². The first kappa shape index (κ1) is 8.01. The van der Waals surface area contributed by atoms with E-state index in [1.165, 1.54) is 12.1 Å². The van der Waals surface area contributed by atoms with Crippen molar-refractivity contribution in [1.82, 2.24) is 0 Å². The van der Waals surface area contributed by atoms with Gasteiger partial charge in [0.2, 0.25) is 0 Å². The van der Waals surface area contributed by atoms with Crippen LogP contribution in [-0.2, 0) is 0 Å². The number of nitrogen functional groups attached to an aromatic ring is 1. The highest BCUT2D eigenvalue weighted by molar-refractivity contribution is 9.13. The lowest BCUT2D eigenvalue weighted by Crippen LogP contribution is -1.88. The molecular formula is C6H4Br2FN. The lowest BCUT2D eigenvalue weighted by atomic mass is 10.3. The maximum atomic E-state index is 12.5. The second-order valence-electron chi connectivity index (χ2n) is 1.79. The molecule has 10 heavy (non-hydrogen) atoms. The molecule has 1 rings (SSSR count). The summed E-state index contributed by atoms with van der Waals surface area (Å²) in [5.74, 6) is -0.340. The molecule has 4 heteroatoms. The molecule has 2 N–H and O–H groups in total. The molecule has 0 saturated heterocycles. The Balaban J connectivity index is 3.31. The van der Waals surface area contributed by atoms with Gasteiger partial charge in [-0.25, -0.2) is 4.39 Å². The summed E-state index contributed by atoms with van der Waals surface area (Å²) in [6.45, 7) is 0. The number of benzene rings is 1. The van der Waals surface area contributed by atoms with Crippen LogP contribution in [0.25, 0.3) is 0 Å². The average molecular weight is 269 g/mol. The topological polar surface area (TPSA) is 26.0 Å². The number of hydrogen-bond donors (Lipinski definition) is 1. The van der Waals surface area contributed by atoms with Crippen molar-refractivity contribution in [2.24, 2.45) is 0 Å². The van der Waals surface area contributed by atoms with Crippen molar-refractivity contribution < 1.29 is 4.39 Å². The van der Waals surface area contributed by atoms with Crippen LogP contribution in [0.15, 0.2) is 21.1 Å². The fraction of sp³-hybridized carbons (Fsp3) is 0. The molecule has 0 saturated carbocycles. The minimum atomic E-state index is -0.340. The molecular weight excluding hydrogens is 265 g/mol. The fourth-order valence-corrected chi connectivity index (χ4v) is 1.25. The number of rotatable bonds is 0. The third-order valence-electron chi connectivity index (χ3n) is 1.02. The second kappa shape index (κ2) is 2.88. The highest BCUT2D eigenvalue weighted by Crippen LogP contribution is 2.29. The molecule has 1 aromatic carbocycles. The van der Waals surface area contributed by atoms with Crippen molar-refractivity contribution in [3.63, 3.8) is 0 Å². The van der Waals surface area contributed by atoms with Crippen molar-refractivity contribution in [2.45, 2.75) is 0 Å². The number of anilines is 1. The maximum Gasteiger partial charge on any atom is 0.126 e. The van der Waals surface area contributed by atoms with Crippen LogP contribution in [0, 0.1) is 5.82 Å². The van der Waals surface area contributed by atoms with E-state index in [1.807, 2.05) is 0 Å². The predicted octanol–water partition coefficient (Wildman–Crippen LogP) is 2.93. The van der Waals surface area contributed by atoms with Crippen molar-refractivity contribution in [3.8, 4) is 0 Å². The number of halogens is 3. The summed E-state index contributed by atoms with van der Waals surface area (Å²) in [6.07, 6.45) is 0. The van der Waals surface area contributed by atoms with Crippen LogP contribution in [0.1, 0.15) is 0 Å². The smallest absolute Gasteiger partial charge is 0.126 e. The fourth-order valence-electron chi connectivity index (χ4n) is 0.576. The van der Waals surface area contributed by atoms with Crippen LogP contribution in [0.4, 0.5) is 10.1 Å². The van der Waals surface area contributed by atoms with E-state index in [1.54, 1.807) is 0 Å². The van der Waals surface area contributed by atoms with Crippen molar-refractivity contribution in [2.75, 3.05) is 5.73 Å². The quantitative estimate of drug-likeness (QED) is 0.568. The molecule has 54 valence electrons. The Morgan fingerprint density at radius 2 is 1.90 bits per heavy atom. The molecule has 0 amide bonds. The summed E-state index contributed by atoms with van der Waals surface area (Å²) in [6, 6.07) is 2.61. The zero-order chi connectivity index (χ0) is 7.72. The van der Waals surface area contributed by atoms with E-state index in [2.05, 4.69) is 31.9 Å². The van der Waals surface area contributed by atoms with Gasteiger partial charge in [-0.15, -0.1) is 0 Å². The van der Waals surface area contributed by atoms with E-state index >= 15 is 0 Å². The summed E-state index contributed by atoms with van der Waals surface area (Å²) < 4.78 is 13.8.